The molecule has 0 spiro atoms. The Morgan fingerprint density at radius 3 is 1.38 bits per heavy atom. The van der Waals surface area contributed by atoms with Crippen LogP contribution >= 0.6 is 7.53 Å². The second kappa shape index (κ2) is 30.8. The van der Waals surface area contributed by atoms with Crippen LogP contribution < -0.4 is 0 Å². The van der Waals surface area contributed by atoms with Gasteiger partial charge in [-0.05, 0) is 61.9 Å². The quantitative estimate of drug-likeness (QED) is 0.277. The molecular formula is C19H13O5PW. The van der Waals surface area contributed by atoms with E-state index in [0.29, 0.717) is 0 Å². The Morgan fingerprint density at radius 2 is 1.04 bits per heavy atom. The third kappa shape index (κ3) is 18.3. The second-order valence-corrected chi connectivity index (χ2v) is 5.19. The van der Waals surface area contributed by atoms with Gasteiger partial charge in [-0.15, -0.1) is 0 Å². The summed E-state index contributed by atoms with van der Waals surface area (Å²) in [7, 11) is -0.333. The molecule has 0 fully saturated rings. The van der Waals surface area contributed by atoms with Gasteiger partial charge in [0.15, 0.2) is 0 Å². The first-order chi connectivity index (χ1) is 12.3. The Labute approximate surface area is 169 Å². The Morgan fingerprint density at radius 1 is 0.692 bits per heavy atom. The summed E-state index contributed by atoms with van der Waals surface area (Å²) < 4.78 is 37.5. The largest absolute Gasteiger partial charge is 0 e. The molecule has 0 amide bonds. The third-order valence-corrected chi connectivity index (χ3v) is 4.09. The van der Waals surface area contributed by atoms with E-state index < -0.39 is 0 Å². The van der Waals surface area contributed by atoms with Crippen LogP contribution in [0.1, 0.15) is 16.7 Å². The van der Waals surface area contributed by atoms with Crippen LogP contribution in [0.2, 0.25) is 0 Å². The fourth-order valence-electron chi connectivity index (χ4n) is 1.37. The van der Waals surface area contributed by atoms with Gasteiger partial charge in [-0.2, -0.15) is 0 Å². The maximum Gasteiger partial charge on any atom is 0 e. The molecule has 0 radical (unpaired) electrons. The van der Waals surface area contributed by atoms with Crippen molar-refractivity contribution >= 4 is 7.53 Å². The molecule has 1 aromatic heterocycles. The van der Waals surface area contributed by atoms with E-state index in [4.69, 9.17) is 23.3 Å². The molecular weight excluding hydrogens is 523 g/mol. The second-order valence-electron chi connectivity index (χ2n) is 3.63. The van der Waals surface area contributed by atoms with E-state index in [-0.39, 0.29) is 28.6 Å². The van der Waals surface area contributed by atoms with Crippen molar-refractivity contribution in [2.45, 2.75) is 13.8 Å². The minimum atomic E-state index is -0.333. The van der Waals surface area contributed by atoms with Crippen molar-refractivity contribution in [1.29, 1.82) is 0 Å². The molecule has 1 heterocycles. The predicted octanol–water partition coefficient (Wildman–Crippen LogP) is 3.96. The van der Waals surface area contributed by atoms with Crippen molar-refractivity contribution < 1.29 is 44.3 Å². The Hall–Kier alpha value is -2.05. The first-order valence-corrected chi connectivity index (χ1v) is 7.48. The average molecular weight is 536 g/mol. The van der Waals surface area contributed by atoms with Gasteiger partial charge in [0.25, 0.3) is 0 Å². The van der Waals surface area contributed by atoms with Gasteiger partial charge in [0, 0.05) is 26.6 Å². The van der Waals surface area contributed by atoms with Crippen molar-refractivity contribution in [3.8, 4) is 11.6 Å². The maximum atomic E-state index is 7.50. The molecule has 0 bridgehead atoms. The van der Waals surface area contributed by atoms with Gasteiger partial charge < -0.3 is 0 Å². The number of hydrogen-bond acceptors (Lipinski definition) is 0. The fourth-order valence-corrected chi connectivity index (χ4v) is 3.08. The van der Waals surface area contributed by atoms with Gasteiger partial charge in [0.05, 0.1) is 0 Å². The van der Waals surface area contributed by atoms with Crippen LogP contribution in [0.5, 0.6) is 0 Å². The molecule has 0 saturated heterocycles. The van der Waals surface area contributed by atoms with Crippen molar-refractivity contribution in [2.24, 2.45) is 0 Å². The van der Waals surface area contributed by atoms with E-state index in [2.05, 4.69) is 70.3 Å². The van der Waals surface area contributed by atoms with Crippen LogP contribution in [-0.4, -0.2) is 0 Å². The summed E-state index contributed by atoms with van der Waals surface area (Å²) in [6, 6.07) is 10.2. The smallest absolute Gasteiger partial charge is 0 e. The summed E-state index contributed by atoms with van der Waals surface area (Å²) in [6.45, 7) is 26.8. The molecule has 2 aromatic rings. The van der Waals surface area contributed by atoms with Crippen LogP contribution in [0.3, 0.4) is 0 Å². The summed E-state index contributed by atoms with van der Waals surface area (Å²) in [5.41, 5.74) is 7.18. The van der Waals surface area contributed by atoms with Gasteiger partial charge in [0.2, 0.25) is 0 Å². The standard InChI is InChI=1S/C14H13P.5CO.W/c1-12-10-15(11-13(12)2)9-8-14-6-4-3-5-7-14;5*1-2;/h3-7,10-11H,1-2H3;;;;;;. The molecule has 130 valence electrons. The van der Waals surface area contributed by atoms with Gasteiger partial charge in [-0.1, -0.05) is 24.1 Å². The minimum Gasteiger partial charge on any atom is 0 e. The molecule has 1 aromatic carbocycles. The van der Waals surface area contributed by atoms with E-state index in [1.54, 1.807) is 0 Å². The molecule has 2 rings (SSSR count). The number of rotatable bonds is 0. The van der Waals surface area contributed by atoms with E-state index >= 15 is 0 Å². The molecule has 0 aliphatic rings. The number of hydrogen-bond donors (Lipinski definition) is 0. The molecule has 0 atom stereocenters. The normalized spacial score (nSPS) is 5.85. The van der Waals surface area contributed by atoms with Crippen LogP contribution in [0.15, 0.2) is 41.9 Å². The average Bonchev–Trinajstić information content (AvgIpc) is 3.06. The molecule has 5 nitrogen and oxygen atoms in total. The zero-order chi connectivity index (χ0) is 20.7. The summed E-state index contributed by atoms with van der Waals surface area (Å²) in [6.07, 6.45) is 0. The summed E-state index contributed by atoms with van der Waals surface area (Å²) in [5, 5.41) is 0. The Balaban J connectivity index is -0.000000116. The van der Waals surface area contributed by atoms with E-state index in [0.717, 1.165) is 5.56 Å². The molecule has 0 N–H and O–H groups in total. The van der Waals surface area contributed by atoms with Crippen molar-refractivity contribution in [3.63, 3.8) is 0 Å². The monoisotopic (exact) mass is 536 g/mol. The predicted molar refractivity (Wildman–Crippen MR) is 87.0 cm³/mol. The maximum absolute atomic E-state index is 7.50. The number of benzene rings is 1. The Kier molecular flexibility index (Phi) is 41.6. The molecule has 0 saturated carbocycles. The van der Waals surface area contributed by atoms with Crippen molar-refractivity contribution in [3.05, 3.63) is 91.9 Å². The molecule has 0 aliphatic heterocycles. The zero-order valence-corrected chi connectivity index (χ0v) is 17.8. The first-order valence-electron chi connectivity index (χ1n) is 6.00. The van der Waals surface area contributed by atoms with Crippen molar-refractivity contribution in [2.75, 3.05) is 0 Å². The van der Waals surface area contributed by atoms with Crippen LogP contribution in [-0.2, 0) is 44.3 Å². The van der Waals surface area contributed by atoms with Gasteiger partial charge >= 0.3 is 56.5 Å². The fraction of sp³-hybridized carbons (Fsp3) is 0.105. The molecule has 0 unspecified atom stereocenters. The third-order valence-electron chi connectivity index (χ3n) is 2.39. The van der Waals surface area contributed by atoms with E-state index in [1.807, 2.05) is 30.3 Å². The van der Waals surface area contributed by atoms with Gasteiger partial charge in [0.1, 0.15) is 0 Å². The molecule has 7 heteroatoms. The summed E-state index contributed by atoms with van der Waals surface area (Å²) in [5.74, 6) is 7.77. The molecule has 0 aliphatic carbocycles. The molecule has 26 heavy (non-hydrogen) atoms. The van der Waals surface area contributed by atoms with Crippen LogP contribution in [0.25, 0.3) is 0 Å². The minimum absolute atomic E-state index is 0. The van der Waals surface area contributed by atoms with Crippen LogP contribution in [0, 0.1) is 58.7 Å². The van der Waals surface area contributed by atoms with Crippen LogP contribution in [0.4, 0.5) is 0 Å². The van der Waals surface area contributed by atoms with Crippen molar-refractivity contribution in [1.82, 2.24) is 0 Å². The topological polar surface area (TPSA) is 99.5 Å². The van der Waals surface area contributed by atoms with Gasteiger partial charge in [-0.25, -0.2) is 0 Å². The SMILES string of the molecule is Cc1cp(C#Cc2ccccc2)cc1C.[C-]#[O+].[C-]#[O+].[C-]#[O+].[C-]#[O+].[C-]#[O+].[W]. The van der Waals surface area contributed by atoms with Gasteiger partial charge in [-0.3, -0.25) is 0 Å². The van der Waals surface area contributed by atoms with E-state index in [1.165, 1.54) is 11.1 Å². The Bertz CT molecular complexity index is 674. The first kappa shape index (κ1) is 35.1. The number of aryl methyl sites for hydroxylation is 2. The zero-order valence-electron chi connectivity index (χ0n) is 13.9. The summed E-state index contributed by atoms with van der Waals surface area (Å²) in [4.78, 5) is 0. The van der Waals surface area contributed by atoms with E-state index in [9.17, 15) is 0 Å². The summed E-state index contributed by atoms with van der Waals surface area (Å²) >= 11 is 0.